The van der Waals surface area contributed by atoms with Gasteiger partial charge in [0.25, 0.3) is 0 Å². The molecule has 7 rings (SSSR count). The zero-order valence-corrected chi connectivity index (χ0v) is 28.1. The Kier molecular flexibility index (Phi) is 9.63. The highest BCUT2D eigenvalue weighted by Crippen LogP contribution is 2.55. The molecule has 1 saturated carbocycles. The van der Waals surface area contributed by atoms with Gasteiger partial charge >= 0.3 is 0 Å². The molecule has 5 aliphatic rings. The molecule has 2 bridgehead atoms. The standard InChI is InChI=1S/C36H43Cl2N5O4/c37-27-13-12-26(22-28(27)38)40-33(44)30-29-14-15-36(47-29)31(30)35(46)43(32(36)34(45)39-25-10-5-2-6-11-25)17-7-16-41-18-20-42(21-19-41)23-24-8-3-1-4-9-24/h1,3-4,8-9,12-15,22,25,29-32H,2,5-7,10-11,16-21,23H2,(H,39,45)(H,40,44)/t29-,30-,31-,32+,36-/m0/s1. The number of fused-ring (bicyclic) bond motifs is 1. The predicted octanol–water partition coefficient (Wildman–Crippen LogP) is 4.74. The molecule has 3 saturated heterocycles. The minimum Gasteiger partial charge on any atom is -0.359 e. The number of hydrogen-bond donors (Lipinski definition) is 2. The van der Waals surface area contributed by atoms with E-state index in [9.17, 15) is 14.4 Å². The summed E-state index contributed by atoms with van der Waals surface area (Å²) in [6.45, 7) is 6.11. The summed E-state index contributed by atoms with van der Waals surface area (Å²) in [5.41, 5.74) is 0.636. The molecule has 250 valence electrons. The third kappa shape index (κ3) is 6.57. The van der Waals surface area contributed by atoms with Gasteiger partial charge in [0.1, 0.15) is 11.6 Å². The number of anilines is 1. The lowest BCUT2D eigenvalue weighted by Gasteiger charge is -2.36. The van der Waals surface area contributed by atoms with Crippen LogP contribution in [-0.4, -0.2) is 95.5 Å². The van der Waals surface area contributed by atoms with Gasteiger partial charge in [0, 0.05) is 51.0 Å². The van der Waals surface area contributed by atoms with Crippen molar-refractivity contribution < 1.29 is 19.1 Å². The Morgan fingerprint density at radius 2 is 1.64 bits per heavy atom. The quantitative estimate of drug-likeness (QED) is 0.353. The third-order valence-corrected chi connectivity index (χ3v) is 11.4. The fourth-order valence-corrected chi connectivity index (χ4v) is 8.61. The average Bonchev–Trinajstić information content (AvgIpc) is 3.72. The second-order valence-electron chi connectivity index (χ2n) is 13.7. The number of nitrogens with zero attached hydrogens (tertiary/aromatic N) is 3. The van der Waals surface area contributed by atoms with Gasteiger partial charge in [-0.3, -0.25) is 19.3 Å². The number of ether oxygens (including phenoxy) is 1. The van der Waals surface area contributed by atoms with Gasteiger partial charge in [0.15, 0.2) is 0 Å². The van der Waals surface area contributed by atoms with E-state index in [1.54, 1.807) is 23.1 Å². The molecular formula is C36H43Cl2N5O4. The Labute approximate surface area is 286 Å². The Hall–Kier alpha value is -2.95. The van der Waals surface area contributed by atoms with Crippen molar-refractivity contribution in [2.75, 3.05) is 44.6 Å². The molecule has 0 unspecified atom stereocenters. The molecule has 1 aliphatic carbocycles. The van der Waals surface area contributed by atoms with Crippen LogP contribution in [0.25, 0.3) is 0 Å². The molecule has 9 nitrogen and oxygen atoms in total. The predicted molar refractivity (Wildman–Crippen MR) is 182 cm³/mol. The van der Waals surface area contributed by atoms with Gasteiger partial charge in [0.2, 0.25) is 17.7 Å². The minimum atomic E-state index is -1.18. The fourth-order valence-electron chi connectivity index (χ4n) is 8.31. The molecule has 0 radical (unpaired) electrons. The summed E-state index contributed by atoms with van der Waals surface area (Å²) in [5, 5.41) is 6.90. The first-order chi connectivity index (χ1) is 22.8. The number of amides is 3. The van der Waals surface area contributed by atoms with Crippen LogP contribution in [0.3, 0.4) is 0 Å². The molecule has 47 heavy (non-hydrogen) atoms. The lowest BCUT2D eigenvalue weighted by molar-refractivity contribution is -0.141. The number of rotatable bonds is 10. The van der Waals surface area contributed by atoms with Crippen molar-refractivity contribution in [2.45, 2.75) is 68.9 Å². The van der Waals surface area contributed by atoms with Gasteiger partial charge in [-0.25, -0.2) is 0 Å². The molecule has 2 aromatic rings. The summed E-state index contributed by atoms with van der Waals surface area (Å²) in [5.74, 6) is -2.26. The first-order valence-corrected chi connectivity index (χ1v) is 17.8. The van der Waals surface area contributed by atoms with Crippen molar-refractivity contribution in [3.63, 3.8) is 0 Å². The highest BCUT2D eigenvalue weighted by atomic mass is 35.5. The number of likely N-dealkylation sites (tertiary alicyclic amines) is 1. The van der Waals surface area contributed by atoms with Crippen molar-refractivity contribution in [3.8, 4) is 0 Å². The van der Waals surface area contributed by atoms with E-state index in [2.05, 4.69) is 44.7 Å². The molecule has 4 fully saturated rings. The summed E-state index contributed by atoms with van der Waals surface area (Å²) in [7, 11) is 0. The largest absolute Gasteiger partial charge is 0.359 e. The van der Waals surface area contributed by atoms with E-state index < -0.39 is 29.6 Å². The van der Waals surface area contributed by atoms with Crippen LogP contribution in [0.15, 0.2) is 60.7 Å². The van der Waals surface area contributed by atoms with E-state index in [1.807, 2.05) is 18.2 Å². The summed E-state index contributed by atoms with van der Waals surface area (Å²) in [6.07, 6.45) is 9.08. The van der Waals surface area contributed by atoms with Gasteiger partial charge in [-0.15, -0.1) is 0 Å². The topological polar surface area (TPSA) is 94.2 Å². The first-order valence-electron chi connectivity index (χ1n) is 17.0. The second kappa shape index (κ2) is 13.9. The number of benzene rings is 2. The zero-order chi connectivity index (χ0) is 32.5. The Morgan fingerprint density at radius 3 is 2.38 bits per heavy atom. The number of nitrogens with one attached hydrogen (secondary N) is 2. The molecule has 4 aliphatic heterocycles. The highest BCUT2D eigenvalue weighted by molar-refractivity contribution is 6.42. The Bertz CT molecular complexity index is 1510. The van der Waals surface area contributed by atoms with E-state index in [0.717, 1.165) is 71.4 Å². The average molecular weight is 681 g/mol. The summed E-state index contributed by atoms with van der Waals surface area (Å²) in [4.78, 5) is 48.8. The zero-order valence-electron chi connectivity index (χ0n) is 26.6. The molecule has 4 heterocycles. The van der Waals surface area contributed by atoms with E-state index in [1.165, 1.54) is 12.0 Å². The van der Waals surface area contributed by atoms with E-state index in [-0.39, 0.29) is 23.8 Å². The molecule has 2 aromatic carbocycles. The van der Waals surface area contributed by atoms with Gasteiger partial charge in [0.05, 0.1) is 28.0 Å². The molecule has 3 amide bonds. The molecule has 0 aromatic heterocycles. The van der Waals surface area contributed by atoms with E-state index in [4.69, 9.17) is 27.9 Å². The van der Waals surface area contributed by atoms with Crippen LogP contribution in [0, 0.1) is 11.8 Å². The van der Waals surface area contributed by atoms with Crippen LogP contribution < -0.4 is 10.6 Å². The Morgan fingerprint density at radius 1 is 0.894 bits per heavy atom. The summed E-state index contributed by atoms with van der Waals surface area (Å²) < 4.78 is 6.52. The second-order valence-corrected chi connectivity index (χ2v) is 14.5. The van der Waals surface area contributed by atoms with Gasteiger partial charge < -0.3 is 25.2 Å². The van der Waals surface area contributed by atoms with Gasteiger partial charge in [-0.05, 0) is 49.6 Å². The SMILES string of the molecule is O=C(Nc1ccc(Cl)c(Cl)c1)[C@H]1[C@@H]2C=C[C@]3(O2)[C@@H]1C(=O)N(CCCN1CCN(Cc2ccccc2)CC1)[C@@H]3C(=O)NC1CCCCC1. The number of hydrogen-bond acceptors (Lipinski definition) is 6. The van der Waals surface area contributed by atoms with Crippen LogP contribution in [0.5, 0.6) is 0 Å². The number of piperazine rings is 1. The maximum absolute atomic E-state index is 14.3. The van der Waals surface area contributed by atoms with Crippen LogP contribution in [0.2, 0.25) is 10.0 Å². The normalized spacial score (nSPS) is 29.3. The number of halogens is 2. The molecule has 11 heteroatoms. The van der Waals surface area contributed by atoms with Crippen LogP contribution in [-0.2, 0) is 25.7 Å². The van der Waals surface area contributed by atoms with Gasteiger partial charge in [-0.2, -0.15) is 0 Å². The Balaban J connectivity index is 1.04. The van der Waals surface area contributed by atoms with Crippen molar-refractivity contribution in [2.24, 2.45) is 11.8 Å². The van der Waals surface area contributed by atoms with Crippen molar-refractivity contribution in [1.82, 2.24) is 20.0 Å². The number of carbonyl (C=O) groups is 3. The monoisotopic (exact) mass is 679 g/mol. The van der Waals surface area contributed by atoms with Gasteiger partial charge in [-0.1, -0.05) is 84.9 Å². The molecule has 5 atom stereocenters. The smallest absolute Gasteiger partial charge is 0.246 e. The van der Waals surface area contributed by atoms with Crippen molar-refractivity contribution in [3.05, 3.63) is 76.3 Å². The fraction of sp³-hybridized carbons (Fsp3) is 0.528. The summed E-state index contributed by atoms with van der Waals surface area (Å²) in [6, 6.07) is 14.7. The first kappa shape index (κ1) is 32.6. The van der Waals surface area contributed by atoms with Crippen LogP contribution in [0.4, 0.5) is 5.69 Å². The third-order valence-electron chi connectivity index (χ3n) is 10.7. The lowest BCUT2D eigenvalue weighted by Crippen LogP contribution is -2.56. The number of carbonyl (C=O) groups excluding carboxylic acids is 3. The molecular weight excluding hydrogens is 637 g/mol. The lowest BCUT2D eigenvalue weighted by atomic mass is 9.74. The van der Waals surface area contributed by atoms with E-state index in [0.29, 0.717) is 22.3 Å². The van der Waals surface area contributed by atoms with E-state index >= 15 is 0 Å². The van der Waals surface area contributed by atoms with Crippen LogP contribution in [0.1, 0.15) is 44.1 Å². The maximum Gasteiger partial charge on any atom is 0.246 e. The molecule has 2 N–H and O–H groups in total. The van der Waals surface area contributed by atoms with Crippen molar-refractivity contribution in [1.29, 1.82) is 0 Å². The van der Waals surface area contributed by atoms with Crippen LogP contribution >= 0.6 is 23.2 Å². The minimum absolute atomic E-state index is 0.0900. The molecule has 1 spiro atoms. The highest BCUT2D eigenvalue weighted by Gasteiger charge is 2.72. The summed E-state index contributed by atoms with van der Waals surface area (Å²) >= 11 is 12.3. The maximum atomic E-state index is 14.3. The van der Waals surface area contributed by atoms with Crippen molar-refractivity contribution >= 4 is 46.6 Å².